The molecule has 3 rings (SSSR count). The highest BCUT2D eigenvalue weighted by atomic mass is 32.2. The summed E-state index contributed by atoms with van der Waals surface area (Å²) in [6.45, 7) is 2.84. The highest BCUT2D eigenvalue weighted by Crippen LogP contribution is 2.19. The maximum Gasteiger partial charge on any atom is 0.490 e. The number of unbranched alkanes of at least 4 members (excludes halogenated alkanes) is 7. The number of halogens is 3. The standard InChI is InChI=1S/C32H52N6O7S.C2HF3O2/c1-2-3-4-5-6-7-8-13-21-45-31(42)25-16-10-9-15-24(25)23-46(43,44)36-27-17-11-12-19-37(29(27)40)22-28(39)35-26-18-14-20-38(30(26)41)32(33)34;3-2(4,5)1(6)7/h9-10,15-16,26-27,30,36,41H,2-8,11-14,17-23H2,1H3,(H3,33,34)(H,35,39);(H,6,7)/t26-,27-,30?;/m0./s1. The largest absolute Gasteiger partial charge is 0.490 e. The van der Waals surface area contributed by atoms with Crippen molar-refractivity contribution in [2.45, 2.75) is 121 Å². The zero-order valence-corrected chi connectivity index (χ0v) is 30.9. The van der Waals surface area contributed by atoms with E-state index in [1.807, 2.05) is 0 Å². The molecule has 2 saturated heterocycles. The Morgan fingerprint density at radius 1 is 1.00 bits per heavy atom. The van der Waals surface area contributed by atoms with E-state index >= 15 is 0 Å². The van der Waals surface area contributed by atoms with Gasteiger partial charge in [0.05, 0.1) is 30.5 Å². The number of ether oxygens (including phenoxy) is 1. The van der Waals surface area contributed by atoms with Gasteiger partial charge in [-0.15, -0.1) is 0 Å². The number of alkyl halides is 3. The second-order valence-corrected chi connectivity index (χ2v) is 14.8. The summed E-state index contributed by atoms with van der Waals surface area (Å²) in [5.41, 5.74) is 5.97. The number of aliphatic carboxylic acids is 1. The SMILES string of the molecule is CCCCCCCCCCOC(=O)c1ccccc1CS(=O)(=O)N[C@H]1CCCCN(CC(=O)N[C@H]2CCCN(C(=N)N)C2O)C1=O.O=C(O)C(F)(F)F. The highest BCUT2D eigenvalue weighted by Gasteiger charge is 2.38. The lowest BCUT2D eigenvalue weighted by atomic mass is 10.0. The molecular weight excluding hydrogens is 725 g/mol. The van der Waals surface area contributed by atoms with Crippen LogP contribution >= 0.6 is 0 Å². The Labute approximate surface area is 308 Å². The molecule has 2 aliphatic heterocycles. The quantitative estimate of drug-likeness (QED) is 0.0582. The lowest BCUT2D eigenvalue weighted by Crippen LogP contribution is -2.59. The molecule has 7 N–H and O–H groups in total. The molecule has 53 heavy (non-hydrogen) atoms. The van der Waals surface area contributed by atoms with Gasteiger partial charge in [-0.3, -0.25) is 15.0 Å². The predicted molar refractivity (Wildman–Crippen MR) is 189 cm³/mol. The van der Waals surface area contributed by atoms with Gasteiger partial charge < -0.3 is 35.8 Å². The molecule has 19 heteroatoms. The van der Waals surface area contributed by atoms with Gasteiger partial charge in [-0.1, -0.05) is 70.1 Å². The zero-order chi connectivity index (χ0) is 39.6. The fourth-order valence-electron chi connectivity index (χ4n) is 5.97. The number of carbonyl (C=O) groups is 4. The second kappa shape index (κ2) is 22.3. The van der Waals surface area contributed by atoms with E-state index in [1.165, 1.54) is 48.0 Å². The van der Waals surface area contributed by atoms with Crippen molar-refractivity contribution in [1.82, 2.24) is 19.8 Å². The minimum absolute atomic E-state index is 0.172. The predicted octanol–water partition coefficient (Wildman–Crippen LogP) is 3.21. The van der Waals surface area contributed by atoms with E-state index in [0.29, 0.717) is 32.2 Å². The molecule has 0 bridgehead atoms. The van der Waals surface area contributed by atoms with Crippen molar-refractivity contribution in [2.75, 3.05) is 26.2 Å². The Bertz CT molecular complexity index is 1480. The molecule has 2 amide bonds. The second-order valence-electron chi connectivity index (χ2n) is 13.1. The molecule has 1 aromatic carbocycles. The lowest BCUT2D eigenvalue weighted by molar-refractivity contribution is -0.192. The maximum absolute atomic E-state index is 13.4. The van der Waals surface area contributed by atoms with Crippen molar-refractivity contribution in [1.29, 1.82) is 5.41 Å². The molecule has 0 aromatic heterocycles. The summed E-state index contributed by atoms with van der Waals surface area (Å²) < 4.78 is 66.2. The number of nitrogens with one attached hydrogen (secondary N) is 3. The summed E-state index contributed by atoms with van der Waals surface area (Å²) >= 11 is 0. The van der Waals surface area contributed by atoms with Gasteiger partial charge in [-0.05, 0) is 50.2 Å². The van der Waals surface area contributed by atoms with E-state index < -0.39 is 64.0 Å². The minimum atomic E-state index is -5.08. The number of rotatable bonds is 17. The number of carboxylic acid groups (broad SMARTS) is 1. The van der Waals surface area contributed by atoms with Crippen LogP contribution in [0.1, 0.15) is 106 Å². The Morgan fingerprint density at radius 3 is 2.25 bits per heavy atom. The molecule has 1 unspecified atom stereocenters. The first-order chi connectivity index (χ1) is 25.0. The number of piperidine rings is 1. The molecule has 0 aliphatic carbocycles. The molecule has 3 atom stereocenters. The number of likely N-dealkylation sites (tertiary alicyclic amines) is 2. The van der Waals surface area contributed by atoms with Crippen LogP contribution in [-0.2, 0) is 34.9 Å². The lowest BCUT2D eigenvalue weighted by Gasteiger charge is -2.38. The number of aliphatic hydroxyl groups excluding tert-OH is 1. The molecule has 2 fully saturated rings. The fourth-order valence-corrected chi connectivity index (χ4v) is 7.37. The molecule has 0 saturated carbocycles. The van der Waals surface area contributed by atoms with Crippen LogP contribution in [0.15, 0.2) is 24.3 Å². The van der Waals surface area contributed by atoms with E-state index in [2.05, 4.69) is 17.0 Å². The first-order valence-corrected chi connectivity index (χ1v) is 19.5. The minimum Gasteiger partial charge on any atom is -0.475 e. The smallest absolute Gasteiger partial charge is 0.475 e. The van der Waals surface area contributed by atoms with Crippen LogP contribution < -0.4 is 15.8 Å². The van der Waals surface area contributed by atoms with E-state index in [9.17, 15) is 41.1 Å². The number of benzene rings is 1. The Hall–Kier alpha value is -3.97. The van der Waals surface area contributed by atoms with Crippen LogP contribution in [0.5, 0.6) is 0 Å². The van der Waals surface area contributed by atoms with E-state index in [0.717, 1.165) is 19.3 Å². The molecule has 0 spiro atoms. The van der Waals surface area contributed by atoms with Gasteiger partial charge in [0.25, 0.3) is 0 Å². The molecule has 1 aromatic rings. The third-order valence-corrected chi connectivity index (χ3v) is 10.1. The average Bonchev–Trinajstić information content (AvgIpc) is 3.24. The van der Waals surface area contributed by atoms with Gasteiger partial charge in [-0.2, -0.15) is 13.2 Å². The number of nitrogens with zero attached hydrogens (tertiary/aromatic N) is 2. The molecule has 15 nitrogen and oxygen atoms in total. The number of hydrogen-bond donors (Lipinski definition) is 6. The van der Waals surface area contributed by atoms with E-state index in [4.69, 9.17) is 25.8 Å². The number of carbonyl (C=O) groups excluding carboxylic acids is 3. The molecule has 2 aliphatic rings. The van der Waals surface area contributed by atoms with Gasteiger partial charge in [0.2, 0.25) is 21.8 Å². The van der Waals surface area contributed by atoms with E-state index in [1.54, 1.807) is 18.2 Å². The van der Waals surface area contributed by atoms with Gasteiger partial charge in [0.15, 0.2) is 5.96 Å². The topological polar surface area (TPSA) is 233 Å². The first-order valence-electron chi connectivity index (χ1n) is 17.9. The van der Waals surface area contributed by atoms with Crippen LogP contribution in [0.2, 0.25) is 0 Å². The third-order valence-electron chi connectivity index (χ3n) is 8.74. The molecular formula is C34H53F3N6O9S. The van der Waals surface area contributed by atoms with Crippen LogP contribution in [0, 0.1) is 5.41 Å². The Balaban J connectivity index is 0.00000126. The average molecular weight is 779 g/mol. The zero-order valence-electron chi connectivity index (χ0n) is 30.0. The number of sulfonamides is 1. The first kappa shape index (κ1) is 45.2. The van der Waals surface area contributed by atoms with Crippen LogP contribution in [-0.4, -0.2) is 109 Å². The summed E-state index contributed by atoms with van der Waals surface area (Å²) in [7, 11) is -4.05. The van der Waals surface area contributed by atoms with Gasteiger partial charge >= 0.3 is 18.1 Å². The Kier molecular flexibility index (Phi) is 19.0. The van der Waals surface area contributed by atoms with Crippen molar-refractivity contribution < 1.29 is 55.7 Å². The number of hydrogen-bond acceptors (Lipinski definition) is 9. The highest BCUT2D eigenvalue weighted by molar-refractivity contribution is 7.88. The fraction of sp³-hybridized carbons (Fsp3) is 0.676. The molecule has 300 valence electrons. The summed E-state index contributed by atoms with van der Waals surface area (Å²) in [6, 6.07) is 4.68. The molecule has 2 heterocycles. The Morgan fingerprint density at radius 2 is 1.62 bits per heavy atom. The van der Waals surface area contributed by atoms with Crippen molar-refractivity contribution in [3.8, 4) is 0 Å². The van der Waals surface area contributed by atoms with Gasteiger partial charge in [0, 0.05) is 13.1 Å². The number of amides is 2. The van der Waals surface area contributed by atoms with Crippen LogP contribution in [0.25, 0.3) is 0 Å². The van der Waals surface area contributed by atoms with Crippen molar-refractivity contribution in [3.63, 3.8) is 0 Å². The molecule has 0 radical (unpaired) electrons. The third kappa shape index (κ3) is 16.3. The maximum atomic E-state index is 13.4. The van der Waals surface area contributed by atoms with Crippen LogP contribution in [0.4, 0.5) is 13.2 Å². The van der Waals surface area contributed by atoms with Gasteiger partial charge in [0.1, 0.15) is 12.3 Å². The number of aliphatic hydroxyl groups is 1. The number of nitrogens with two attached hydrogens (primary N) is 1. The number of guanidine groups is 1. The van der Waals surface area contributed by atoms with Crippen molar-refractivity contribution >= 4 is 39.7 Å². The van der Waals surface area contributed by atoms with Crippen LogP contribution in [0.3, 0.4) is 0 Å². The van der Waals surface area contributed by atoms with Gasteiger partial charge in [-0.25, -0.2) is 22.7 Å². The summed E-state index contributed by atoms with van der Waals surface area (Å²) in [5.74, 6) is -5.14. The van der Waals surface area contributed by atoms with Crippen molar-refractivity contribution in [3.05, 3.63) is 35.4 Å². The van der Waals surface area contributed by atoms with Crippen molar-refractivity contribution in [2.24, 2.45) is 5.73 Å². The number of carboxylic acids is 1. The summed E-state index contributed by atoms with van der Waals surface area (Å²) in [4.78, 5) is 50.6. The monoisotopic (exact) mass is 778 g/mol. The normalized spacial score (nSPS) is 19.4. The van der Waals surface area contributed by atoms with E-state index in [-0.39, 0.29) is 43.2 Å². The number of esters is 1. The summed E-state index contributed by atoms with van der Waals surface area (Å²) in [6.07, 6.45) is 5.22. The summed E-state index contributed by atoms with van der Waals surface area (Å²) in [5, 5.41) is 28.0.